The number of thioether (sulfide) groups is 1. The van der Waals surface area contributed by atoms with Gasteiger partial charge in [0.2, 0.25) is 5.91 Å². The molecule has 1 aromatic rings. The van der Waals surface area contributed by atoms with Crippen molar-refractivity contribution in [2.24, 2.45) is 5.92 Å². The van der Waals surface area contributed by atoms with E-state index in [1.165, 1.54) is 11.1 Å². The van der Waals surface area contributed by atoms with Crippen LogP contribution < -0.4 is 0 Å². The minimum absolute atomic E-state index is 0.0573. The van der Waals surface area contributed by atoms with E-state index in [9.17, 15) is 9.59 Å². The lowest BCUT2D eigenvalue weighted by Crippen LogP contribution is -2.46. The average Bonchev–Trinajstić information content (AvgIpc) is 3.20. The van der Waals surface area contributed by atoms with Gasteiger partial charge < -0.3 is 9.64 Å². The zero-order chi connectivity index (χ0) is 20.5. The van der Waals surface area contributed by atoms with Crippen molar-refractivity contribution < 1.29 is 14.3 Å². The standard InChI is InChI=1S/C23H33NO3S/c1-15(2)12-20(22(26)24-11-10-19-21(24)18(25)13-27-19)28-14-16-6-8-17(9-7-16)23(3,4)5/h6-9,15,19-21H,10-14H2,1-5H3. The fourth-order valence-electron chi connectivity index (χ4n) is 3.99. The molecular formula is C23H33NO3S. The molecule has 0 radical (unpaired) electrons. The van der Waals surface area contributed by atoms with Crippen LogP contribution in [0.4, 0.5) is 0 Å². The summed E-state index contributed by atoms with van der Waals surface area (Å²) in [6.07, 6.45) is 1.51. The zero-order valence-electron chi connectivity index (χ0n) is 17.7. The third kappa shape index (κ3) is 4.80. The molecule has 28 heavy (non-hydrogen) atoms. The summed E-state index contributed by atoms with van der Waals surface area (Å²) >= 11 is 1.70. The molecule has 3 unspecified atom stereocenters. The molecule has 2 fully saturated rings. The molecule has 3 atom stereocenters. The topological polar surface area (TPSA) is 46.6 Å². The summed E-state index contributed by atoms with van der Waals surface area (Å²) in [6.45, 7) is 11.7. The lowest BCUT2D eigenvalue weighted by Gasteiger charge is -2.27. The summed E-state index contributed by atoms with van der Waals surface area (Å²) in [4.78, 5) is 27.2. The van der Waals surface area contributed by atoms with Gasteiger partial charge in [-0.2, -0.15) is 0 Å². The second kappa shape index (κ2) is 8.58. The molecule has 4 nitrogen and oxygen atoms in total. The number of fused-ring (bicyclic) bond motifs is 1. The SMILES string of the molecule is CC(C)CC(SCc1ccc(C(C)(C)C)cc1)C(=O)N1CCC2OCC(=O)C21. The molecule has 2 heterocycles. The molecule has 5 heteroatoms. The van der Waals surface area contributed by atoms with E-state index in [0.29, 0.717) is 12.5 Å². The second-order valence-electron chi connectivity index (χ2n) is 9.46. The first kappa shape index (κ1) is 21.4. The predicted molar refractivity (Wildman–Crippen MR) is 115 cm³/mol. The van der Waals surface area contributed by atoms with Crippen LogP contribution in [-0.2, 0) is 25.5 Å². The lowest BCUT2D eigenvalue weighted by molar-refractivity contribution is -0.136. The molecule has 1 amide bonds. The first-order chi connectivity index (χ1) is 13.2. The van der Waals surface area contributed by atoms with E-state index in [2.05, 4.69) is 58.9 Å². The number of rotatable bonds is 6. The van der Waals surface area contributed by atoms with E-state index in [-0.39, 0.29) is 41.1 Å². The summed E-state index contributed by atoms with van der Waals surface area (Å²) in [5.74, 6) is 1.40. The molecule has 154 valence electrons. The second-order valence-corrected chi connectivity index (χ2v) is 10.6. The number of hydrogen-bond acceptors (Lipinski definition) is 4. The zero-order valence-corrected chi connectivity index (χ0v) is 18.6. The normalized spacial score (nSPS) is 23.4. The van der Waals surface area contributed by atoms with Gasteiger partial charge in [-0.05, 0) is 35.3 Å². The molecule has 2 aliphatic heterocycles. The van der Waals surface area contributed by atoms with Crippen molar-refractivity contribution in [1.29, 1.82) is 0 Å². The first-order valence-electron chi connectivity index (χ1n) is 10.3. The smallest absolute Gasteiger partial charge is 0.236 e. The molecule has 1 aromatic carbocycles. The fourth-order valence-corrected chi connectivity index (χ4v) is 5.38. The Hall–Kier alpha value is -1.33. The molecule has 2 saturated heterocycles. The van der Waals surface area contributed by atoms with Crippen LogP contribution >= 0.6 is 11.8 Å². The fraction of sp³-hybridized carbons (Fsp3) is 0.652. The average molecular weight is 404 g/mol. The Morgan fingerprint density at radius 3 is 2.54 bits per heavy atom. The number of hydrogen-bond donors (Lipinski definition) is 0. The lowest BCUT2D eigenvalue weighted by atomic mass is 9.87. The number of amides is 1. The summed E-state index contributed by atoms with van der Waals surface area (Å²) in [5.41, 5.74) is 2.70. The van der Waals surface area contributed by atoms with Gasteiger partial charge in [0.15, 0.2) is 5.78 Å². The quantitative estimate of drug-likeness (QED) is 0.714. The highest BCUT2D eigenvalue weighted by Crippen LogP contribution is 2.32. The number of carbonyl (C=O) groups excluding carboxylic acids is 2. The maximum absolute atomic E-state index is 13.3. The highest BCUT2D eigenvalue weighted by atomic mass is 32.2. The van der Waals surface area contributed by atoms with Gasteiger partial charge in [-0.1, -0.05) is 58.9 Å². The number of carbonyl (C=O) groups is 2. The van der Waals surface area contributed by atoms with Crippen LogP contribution in [0.3, 0.4) is 0 Å². The third-order valence-corrected chi connectivity index (χ3v) is 6.92. The molecular weight excluding hydrogens is 370 g/mol. The van der Waals surface area contributed by atoms with Gasteiger partial charge in [0, 0.05) is 12.3 Å². The molecule has 0 aliphatic carbocycles. The van der Waals surface area contributed by atoms with Crippen LogP contribution in [0.2, 0.25) is 0 Å². The van der Waals surface area contributed by atoms with Crippen LogP contribution in [0, 0.1) is 5.92 Å². The molecule has 2 aliphatic rings. The minimum Gasteiger partial charge on any atom is -0.368 e. The van der Waals surface area contributed by atoms with E-state index < -0.39 is 0 Å². The maximum Gasteiger partial charge on any atom is 0.236 e. The van der Waals surface area contributed by atoms with E-state index in [0.717, 1.165) is 18.6 Å². The van der Waals surface area contributed by atoms with Crippen LogP contribution in [-0.4, -0.2) is 47.1 Å². The molecule has 0 aromatic heterocycles. The molecule has 0 bridgehead atoms. The van der Waals surface area contributed by atoms with Crippen LogP contribution in [0.5, 0.6) is 0 Å². The maximum atomic E-state index is 13.3. The number of ether oxygens (including phenoxy) is 1. The van der Waals surface area contributed by atoms with Crippen LogP contribution in [0.1, 0.15) is 58.6 Å². The van der Waals surface area contributed by atoms with Gasteiger partial charge in [-0.3, -0.25) is 9.59 Å². The Kier molecular flexibility index (Phi) is 6.55. The predicted octanol–water partition coefficient (Wildman–Crippen LogP) is 4.20. The molecule has 0 saturated carbocycles. The minimum atomic E-state index is -0.353. The number of nitrogens with zero attached hydrogens (tertiary/aromatic N) is 1. The monoisotopic (exact) mass is 403 g/mol. The number of benzene rings is 1. The van der Waals surface area contributed by atoms with Crippen molar-refractivity contribution in [3.05, 3.63) is 35.4 Å². The largest absolute Gasteiger partial charge is 0.368 e. The van der Waals surface area contributed by atoms with Crippen molar-refractivity contribution in [2.45, 2.75) is 76.0 Å². The number of Topliss-reactive ketones (excluding diaryl/α,β-unsaturated/α-hetero) is 1. The Labute approximate surface area is 173 Å². The van der Waals surface area contributed by atoms with E-state index >= 15 is 0 Å². The Bertz CT molecular complexity index is 708. The van der Waals surface area contributed by atoms with Crippen molar-refractivity contribution >= 4 is 23.5 Å². The van der Waals surface area contributed by atoms with Crippen molar-refractivity contribution in [3.63, 3.8) is 0 Å². The highest BCUT2D eigenvalue weighted by molar-refractivity contribution is 7.99. The van der Waals surface area contributed by atoms with Gasteiger partial charge >= 0.3 is 0 Å². The first-order valence-corrected chi connectivity index (χ1v) is 11.4. The molecule has 3 rings (SSSR count). The van der Waals surface area contributed by atoms with Gasteiger partial charge in [-0.15, -0.1) is 11.8 Å². The number of ketones is 1. The number of likely N-dealkylation sites (tertiary alicyclic amines) is 1. The van der Waals surface area contributed by atoms with Crippen molar-refractivity contribution in [3.8, 4) is 0 Å². The summed E-state index contributed by atoms with van der Waals surface area (Å²) in [7, 11) is 0. The van der Waals surface area contributed by atoms with E-state index in [1.807, 2.05) is 0 Å². The van der Waals surface area contributed by atoms with Gasteiger partial charge in [0.25, 0.3) is 0 Å². The Morgan fingerprint density at radius 1 is 1.25 bits per heavy atom. The van der Waals surface area contributed by atoms with E-state index in [1.54, 1.807) is 16.7 Å². The highest BCUT2D eigenvalue weighted by Gasteiger charge is 2.47. The third-order valence-electron chi connectivity index (χ3n) is 5.63. The molecule has 0 N–H and O–H groups in total. The van der Waals surface area contributed by atoms with Gasteiger partial charge in [0.05, 0.1) is 11.4 Å². The van der Waals surface area contributed by atoms with Gasteiger partial charge in [-0.25, -0.2) is 0 Å². The summed E-state index contributed by atoms with van der Waals surface area (Å²) in [5, 5.41) is -0.116. The Balaban J connectivity index is 1.67. The van der Waals surface area contributed by atoms with Crippen LogP contribution in [0.15, 0.2) is 24.3 Å². The van der Waals surface area contributed by atoms with E-state index in [4.69, 9.17) is 4.74 Å². The van der Waals surface area contributed by atoms with Gasteiger partial charge in [0.1, 0.15) is 12.6 Å². The van der Waals surface area contributed by atoms with Crippen molar-refractivity contribution in [2.75, 3.05) is 13.2 Å². The van der Waals surface area contributed by atoms with Crippen LogP contribution in [0.25, 0.3) is 0 Å². The summed E-state index contributed by atoms with van der Waals surface area (Å²) < 4.78 is 5.55. The molecule has 0 spiro atoms. The van der Waals surface area contributed by atoms with Crippen molar-refractivity contribution in [1.82, 2.24) is 4.90 Å². The summed E-state index contributed by atoms with van der Waals surface area (Å²) in [6, 6.07) is 8.37. The Morgan fingerprint density at radius 2 is 1.93 bits per heavy atom.